The van der Waals surface area contributed by atoms with Gasteiger partial charge in [-0.15, -0.1) is 10.2 Å². The topological polar surface area (TPSA) is 70.3 Å². The summed E-state index contributed by atoms with van der Waals surface area (Å²) in [5.74, 6) is 0.441. The van der Waals surface area contributed by atoms with Crippen LogP contribution in [0.2, 0.25) is 0 Å². The van der Waals surface area contributed by atoms with Gasteiger partial charge in [0.1, 0.15) is 0 Å². The smallest absolute Gasteiger partial charge is 0.282 e. The van der Waals surface area contributed by atoms with E-state index >= 15 is 0 Å². The Morgan fingerprint density at radius 2 is 1.65 bits per heavy atom. The summed E-state index contributed by atoms with van der Waals surface area (Å²) in [6.07, 6.45) is 3.36. The van der Waals surface area contributed by atoms with Crippen LogP contribution in [-0.2, 0) is 14.6 Å². The zero-order valence-corrected chi connectivity index (χ0v) is 12.9. The minimum absolute atomic E-state index is 0.391. The maximum atomic E-state index is 5.85. The average molecular weight is 327 g/mol. The van der Waals surface area contributed by atoms with Gasteiger partial charge in [0.15, 0.2) is 0 Å². The van der Waals surface area contributed by atoms with E-state index in [-0.39, 0.29) is 0 Å². The zero-order chi connectivity index (χ0) is 15.5. The molecule has 23 heavy (non-hydrogen) atoms. The lowest BCUT2D eigenvalue weighted by molar-refractivity contribution is -0.0822. The fourth-order valence-corrected chi connectivity index (χ4v) is 3.27. The van der Waals surface area contributed by atoms with E-state index in [4.69, 9.17) is 13.9 Å². The molecule has 0 radical (unpaired) electrons. The van der Waals surface area contributed by atoms with Crippen LogP contribution in [0.25, 0.3) is 11.5 Å². The van der Waals surface area contributed by atoms with E-state index in [1.165, 1.54) is 11.8 Å². The Balaban J connectivity index is 1.62. The maximum Gasteiger partial charge on any atom is 0.282 e. The fraction of sp³-hybridized carbons (Fsp3) is 0.188. The quantitative estimate of drug-likeness (QED) is 0.729. The highest BCUT2D eigenvalue weighted by molar-refractivity contribution is 7.99. The number of ether oxygens (including phenoxy) is 2. The van der Waals surface area contributed by atoms with Crippen molar-refractivity contribution in [3.8, 4) is 11.5 Å². The first kappa shape index (κ1) is 14.4. The first-order valence-electron chi connectivity index (χ1n) is 7.12. The average Bonchev–Trinajstić information content (AvgIpc) is 3.27. The molecule has 0 saturated carbocycles. The van der Waals surface area contributed by atoms with Gasteiger partial charge in [-0.05, 0) is 12.1 Å². The van der Waals surface area contributed by atoms with Crippen molar-refractivity contribution in [1.29, 1.82) is 0 Å². The summed E-state index contributed by atoms with van der Waals surface area (Å²) in [6, 6.07) is 13.4. The van der Waals surface area contributed by atoms with Gasteiger partial charge in [-0.25, -0.2) is 0 Å². The molecule has 0 N–H and O–H groups in total. The summed E-state index contributed by atoms with van der Waals surface area (Å²) in [4.78, 5) is 3.98. The number of pyridine rings is 1. The number of hydrogen-bond acceptors (Lipinski definition) is 7. The minimum atomic E-state index is -0.941. The van der Waals surface area contributed by atoms with Gasteiger partial charge in [0.25, 0.3) is 10.3 Å². The second-order valence-corrected chi connectivity index (χ2v) is 5.92. The Kier molecular flexibility index (Phi) is 3.82. The highest BCUT2D eigenvalue weighted by Gasteiger charge is 2.42. The molecule has 1 aliphatic rings. The number of hydrogen-bond donors (Lipinski definition) is 0. The van der Waals surface area contributed by atoms with Crippen LogP contribution in [-0.4, -0.2) is 28.4 Å². The van der Waals surface area contributed by atoms with Crippen molar-refractivity contribution in [3.63, 3.8) is 0 Å². The molecule has 0 bridgehead atoms. The minimum Gasteiger partial charge on any atom is -0.411 e. The lowest BCUT2D eigenvalue weighted by Crippen LogP contribution is -2.22. The molecule has 0 unspecified atom stereocenters. The van der Waals surface area contributed by atoms with Crippen molar-refractivity contribution in [2.45, 2.75) is 10.3 Å². The van der Waals surface area contributed by atoms with Gasteiger partial charge >= 0.3 is 0 Å². The molecule has 0 atom stereocenters. The standard InChI is InChI=1S/C16H13N3O3S/c1-2-4-13(5-3-1)16(20-10-11-21-16)23-15-19-18-14(22-15)12-6-8-17-9-7-12/h1-9H,10-11H2. The third-order valence-electron chi connectivity index (χ3n) is 3.35. The Morgan fingerprint density at radius 3 is 2.39 bits per heavy atom. The predicted octanol–water partition coefficient (Wildman–Crippen LogP) is 3.08. The zero-order valence-electron chi connectivity index (χ0n) is 12.1. The molecule has 1 fully saturated rings. The van der Waals surface area contributed by atoms with Gasteiger partial charge in [-0.2, -0.15) is 0 Å². The number of rotatable bonds is 4. The molecule has 7 heteroatoms. The third-order valence-corrected chi connectivity index (χ3v) is 4.43. The van der Waals surface area contributed by atoms with Crippen LogP contribution in [0, 0.1) is 0 Å². The second kappa shape index (κ2) is 6.11. The van der Waals surface area contributed by atoms with E-state index in [2.05, 4.69) is 15.2 Å². The molecule has 3 heterocycles. The van der Waals surface area contributed by atoms with E-state index in [0.29, 0.717) is 24.3 Å². The van der Waals surface area contributed by atoms with Gasteiger partial charge in [-0.1, -0.05) is 30.3 Å². The fourth-order valence-electron chi connectivity index (χ4n) is 2.30. The highest BCUT2D eigenvalue weighted by atomic mass is 32.2. The van der Waals surface area contributed by atoms with E-state index in [9.17, 15) is 0 Å². The summed E-state index contributed by atoms with van der Waals surface area (Å²) >= 11 is 1.27. The summed E-state index contributed by atoms with van der Waals surface area (Å²) < 4.78 is 17.4. The molecular formula is C16H13N3O3S. The monoisotopic (exact) mass is 327 g/mol. The lowest BCUT2D eigenvalue weighted by atomic mass is 10.2. The first-order valence-corrected chi connectivity index (χ1v) is 7.94. The summed E-state index contributed by atoms with van der Waals surface area (Å²) in [6.45, 7) is 1.04. The molecule has 1 saturated heterocycles. The first-order chi connectivity index (χ1) is 11.4. The van der Waals surface area contributed by atoms with Gasteiger partial charge in [-0.3, -0.25) is 4.98 Å². The van der Waals surface area contributed by atoms with E-state index < -0.39 is 5.12 Å². The van der Waals surface area contributed by atoms with Gasteiger partial charge < -0.3 is 13.9 Å². The number of thioether (sulfide) groups is 1. The molecule has 116 valence electrons. The van der Waals surface area contributed by atoms with Crippen molar-refractivity contribution in [2.24, 2.45) is 0 Å². The number of nitrogens with zero attached hydrogens (tertiary/aromatic N) is 3. The maximum absolute atomic E-state index is 5.85. The van der Waals surface area contributed by atoms with Crippen LogP contribution < -0.4 is 0 Å². The Morgan fingerprint density at radius 1 is 0.913 bits per heavy atom. The normalized spacial score (nSPS) is 16.5. The van der Waals surface area contributed by atoms with Gasteiger partial charge in [0, 0.05) is 35.3 Å². The van der Waals surface area contributed by atoms with Crippen LogP contribution in [0.15, 0.2) is 64.5 Å². The molecule has 1 aromatic carbocycles. The van der Waals surface area contributed by atoms with E-state index in [0.717, 1.165) is 11.1 Å². The highest BCUT2D eigenvalue weighted by Crippen LogP contribution is 2.45. The van der Waals surface area contributed by atoms with E-state index in [1.807, 2.05) is 42.5 Å². The molecule has 0 spiro atoms. The molecule has 6 nitrogen and oxygen atoms in total. The summed E-state index contributed by atoms with van der Waals surface area (Å²) in [7, 11) is 0. The largest absolute Gasteiger partial charge is 0.411 e. The number of aromatic nitrogens is 3. The van der Waals surface area contributed by atoms with Gasteiger partial charge in [0.05, 0.1) is 13.2 Å². The predicted molar refractivity (Wildman–Crippen MR) is 83.4 cm³/mol. The second-order valence-electron chi connectivity index (χ2n) is 4.83. The van der Waals surface area contributed by atoms with Crippen LogP contribution in [0.4, 0.5) is 0 Å². The number of benzene rings is 1. The molecule has 0 amide bonds. The third kappa shape index (κ3) is 2.86. The van der Waals surface area contributed by atoms with Crippen LogP contribution >= 0.6 is 11.8 Å². The molecule has 3 aromatic rings. The van der Waals surface area contributed by atoms with Crippen molar-refractivity contribution in [3.05, 3.63) is 60.4 Å². The molecule has 2 aromatic heterocycles. The molecule has 4 rings (SSSR count). The Bertz CT molecular complexity index is 774. The van der Waals surface area contributed by atoms with E-state index in [1.54, 1.807) is 12.4 Å². The van der Waals surface area contributed by atoms with Gasteiger partial charge in [0.2, 0.25) is 5.89 Å². The van der Waals surface area contributed by atoms with Crippen LogP contribution in [0.1, 0.15) is 5.56 Å². The Labute approximate surface area is 136 Å². The lowest BCUT2D eigenvalue weighted by Gasteiger charge is -2.24. The molecule has 1 aliphatic heterocycles. The summed E-state index contributed by atoms with van der Waals surface area (Å²) in [5, 5.41) is 7.62. The van der Waals surface area contributed by atoms with Crippen molar-refractivity contribution >= 4 is 11.8 Å². The molecule has 0 aliphatic carbocycles. The van der Waals surface area contributed by atoms with Crippen LogP contribution in [0.5, 0.6) is 0 Å². The molecular weight excluding hydrogens is 314 g/mol. The van der Waals surface area contributed by atoms with Crippen molar-refractivity contribution in [2.75, 3.05) is 13.2 Å². The Hall–Kier alpha value is -2.22. The van der Waals surface area contributed by atoms with Crippen molar-refractivity contribution < 1.29 is 13.9 Å². The summed E-state index contributed by atoms with van der Waals surface area (Å²) in [5.41, 5.74) is 1.73. The SMILES string of the molecule is c1ccc(C2(Sc3nnc(-c4ccncc4)o3)OCCO2)cc1. The van der Waals surface area contributed by atoms with Crippen LogP contribution in [0.3, 0.4) is 0 Å². The van der Waals surface area contributed by atoms with Crippen molar-refractivity contribution in [1.82, 2.24) is 15.2 Å².